The second kappa shape index (κ2) is 6.73. The maximum Gasteiger partial charge on any atom is 0.573 e. The number of hydrogen-bond acceptors (Lipinski definition) is 5. The van der Waals surface area contributed by atoms with E-state index in [9.17, 15) is 22.7 Å². The molecular formula is C15H12F4O5. The zero-order valence-corrected chi connectivity index (χ0v) is 12.2. The van der Waals surface area contributed by atoms with E-state index in [0.717, 1.165) is 31.4 Å². The van der Waals surface area contributed by atoms with Gasteiger partial charge in [-0.3, -0.25) is 0 Å². The number of halogens is 4. The van der Waals surface area contributed by atoms with Crippen LogP contribution in [0.1, 0.15) is 5.56 Å². The summed E-state index contributed by atoms with van der Waals surface area (Å²) >= 11 is 0. The molecule has 24 heavy (non-hydrogen) atoms. The Balaban J connectivity index is 2.20. The van der Waals surface area contributed by atoms with Gasteiger partial charge in [-0.05, 0) is 24.3 Å². The van der Waals surface area contributed by atoms with Crippen molar-refractivity contribution in [2.45, 2.75) is 13.0 Å². The lowest BCUT2D eigenvalue weighted by atomic mass is 10.2. The van der Waals surface area contributed by atoms with Crippen molar-refractivity contribution in [2.24, 2.45) is 0 Å². The molecule has 5 nitrogen and oxygen atoms in total. The Bertz CT molecular complexity index is 731. The van der Waals surface area contributed by atoms with Crippen LogP contribution in [-0.4, -0.2) is 23.7 Å². The number of alkyl halides is 3. The Kier molecular flexibility index (Phi) is 4.91. The monoisotopic (exact) mass is 348 g/mol. The fourth-order valence-electron chi connectivity index (χ4n) is 1.85. The Hall–Kier alpha value is -2.84. The predicted molar refractivity (Wildman–Crippen MR) is 73.7 cm³/mol. The van der Waals surface area contributed by atoms with Gasteiger partial charge in [0.25, 0.3) is 0 Å². The lowest BCUT2D eigenvalue weighted by Crippen LogP contribution is -2.17. The third-order valence-corrected chi connectivity index (χ3v) is 2.92. The molecule has 0 aliphatic heterocycles. The van der Waals surface area contributed by atoms with Gasteiger partial charge in [-0.1, -0.05) is 0 Å². The summed E-state index contributed by atoms with van der Waals surface area (Å²) in [5.74, 6) is -3.21. The fraction of sp³-hybridized carbons (Fsp3) is 0.200. The summed E-state index contributed by atoms with van der Waals surface area (Å²) in [4.78, 5) is 0. The molecule has 0 aliphatic rings. The molecule has 0 aliphatic carbocycles. The molecule has 2 aromatic carbocycles. The van der Waals surface area contributed by atoms with Crippen LogP contribution in [0.5, 0.6) is 28.7 Å². The molecule has 0 amide bonds. The molecule has 2 aromatic rings. The number of rotatable bonds is 5. The van der Waals surface area contributed by atoms with Crippen LogP contribution in [0, 0.1) is 5.82 Å². The van der Waals surface area contributed by atoms with E-state index >= 15 is 0 Å². The lowest BCUT2D eigenvalue weighted by Gasteiger charge is -2.16. The van der Waals surface area contributed by atoms with Gasteiger partial charge in [0.05, 0.1) is 7.11 Å². The van der Waals surface area contributed by atoms with Crippen LogP contribution in [0.3, 0.4) is 0 Å². The Labute approximate surface area is 133 Å². The van der Waals surface area contributed by atoms with Gasteiger partial charge < -0.3 is 24.4 Å². The summed E-state index contributed by atoms with van der Waals surface area (Å²) in [6.07, 6.45) is -4.94. The molecule has 0 heterocycles. The molecule has 2 N–H and O–H groups in total. The average Bonchev–Trinajstić information content (AvgIpc) is 2.49. The van der Waals surface area contributed by atoms with E-state index in [4.69, 9.17) is 14.6 Å². The van der Waals surface area contributed by atoms with E-state index in [0.29, 0.717) is 0 Å². The number of phenols is 2. The minimum Gasteiger partial charge on any atom is -0.505 e. The number of ether oxygens (including phenoxy) is 3. The molecule has 2 rings (SSSR count). The Morgan fingerprint density at radius 1 is 1.08 bits per heavy atom. The zero-order valence-electron chi connectivity index (χ0n) is 12.2. The van der Waals surface area contributed by atoms with Crippen LogP contribution in [0.2, 0.25) is 0 Å². The number of benzene rings is 2. The maximum atomic E-state index is 13.2. The molecule has 0 fully saturated rings. The van der Waals surface area contributed by atoms with E-state index in [2.05, 4.69) is 4.74 Å². The molecule has 0 unspecified atom stereocenters. The van der Waals surface area contributed by atoms with Crippen LogP contribution in [0.15, 0.2) is 30.3 Å². The third kappa shape index (κ3) is 4.12. The molecule has 9 heteroatoms. The summed E-state index contributed by atoms with van der Waals surface area (Å²) < 4.78 is 63.8. The minimum atomic E-state index is -4.94. The number of aromatic hydroxyl groups is 2. The first-order chi connectivity index (χ1) is 11.2. The average molecular weight is 348 g/mol. The van der Waals surface area contributed by atoms with E-state index in [-0.39, 0.29) is 17.9 Å². The largest absolute Gasteiger partial charge is 0.573 e. The number of hydrogen-bond donors (Lipinski definition) is 2. The highest BCUT2D eigenvalue weighted by Gasteiger charge is 2.33. The van der Waals surface area contributed by atoms with E-state index < -0.39 is 35.2 Å². The van der Waals surface area contributed by atoms with E-state index in [1.165, 1.54) is 6.07 Å². The van der Waals surface area contributed by atoms with Crippen LogP contribution >= 0.6 is 0 Å². The van der Waals surface area contributed by atoms with Gasteiger partial charge in [0.15, 0.2) is 23.1 Å². The second-order valence-corrected chi connectivity index (χ2v) is 4.55. The number of methoxy groups -OCH3 is 1. The predicted octanol–water partition coefficient (Wildman–Crippen LogP) is 3.72. The van der Waals surface area contributed by atoms with E-state index in [1.54, 1.807) is 0 Å². The smallest absolute Gasteiger partial charge is 0.505 e. The van der Waals surface area contributed by atoms with Gasteiger partial charge in [0, 0.05) is 11.6 Å². The summed E-state index contributed by atoms with van der Waals surface area (Å²) in [6, 6.07) is 5.39. The minimum absolute atomic E-state index is 0.0549. The Morgan fingerprint density at radius 3 is 2.38 bits per heavy atom. The van der Waals surface area contributed by atoms with Crippen LogP contribution in [0.25, 0.3) is 0 Å². The van der Waals surface area contributed by atoms with Gasteiger partial charge in [0.2, 0.25) is 5.75 Å². The molecule has 0 aromatic heterocycles. The summed E-state index contributed by atoms with van der Waals surface area (Å²) in [6.45, 7) is -0.279. The molecular weight excluding hydrogens is 336 g/mol. The second-order valence-electron chi connectivity index (χ2n) is 4.55. The summed E-state index contributed by atoms with van der Waals surface area (Å²) in [5.41, 5.74) is 0.0925. The standard InChI is InChI=1S/C15H12F4O5/c1-22-14-12(24-15(17,18)19)5-2-8(13(14)21)7-23-9-3-4-11(20)10(16)6-9/h2-6,20-21H,7H2,1H3. The van der Waals surface area contributed by atoms with Crippen molar-refractivity contribution < 1.29 is 42.0 Å². The molecule has 0 radical (unpaired) electrons. The molecule has 130 valence electrons. The molecule has 0 saturated carbocycles. The van der Waals surface area contributed by atoms with Crippen LogP contribution in [-0.2, 0) is 6.61 Å². The van der Waals surface area contributed by atoms with Crippen molar-refractivity contribution in [3.63, 3.8) is 0 Å². The SMILES string of the molecule is COc1c(OC(F)(F)F)ccc(COc2ccc(O)c(F)c2)c1O. The Morgan fingerprint density at radius 2 is 1.79 bits per heavy atom. The first kappa shape index (κ1) is 17.5. The lowest BCUT2D eigenvalue weighted by molar-refractivity contribution is -0.275. The highest BCUT2D eigenvalue weighted by atomic mass is 19.4. The number of phenolic OH excluding ortho intramolecular Hbond substituents is 2. The molecule has 0 spiro atoms. The topological polar surface area (TPSA) is 68.2 Å². The molecule has 0 atom stereocenters. The maximum absolute atomic E-state index is 13.2. The van der Waals surface area contributed by atoms with Gasteiger partial charge in [-0.15, -0.1) is 13.2 Å². The van der Waals surface area contributed by atoms with Crippen molar-refractivity contribution in [1.82, 2.24) is 0 Å². The van der Waals surface area contributed by atoms with Gasteiger partial charge >= 0.3 is 6.36 Å². The van der Waals surface area contributed by atoms with E-state index in [1.807, 2.05) is 0 Å². The normalized spacial score (nSPS) is 11.2. The van der Waals surface area contributed by atoms with Crippen molar-refractivity contribution in [3.8, 4) is 28.7 Å². The highest BCUT2D eigenvalue weighted by molar-refractivity contribution is 5.55. The van der Waals surface area contributed by atoms with Crippen molar-refractivity contribution in [1.29, 1.82) is 0 Å². The van der Waals surface area contributed by atoms with Crippen LogP contribution < -0.4 is 14.2 Å². The zero-order chi connectivity index (χ0) is 17.9. The van der Waals surface area contributed by atoms with Crippen molar-refractivity contribution in [2.75, 3.05) is 7.11 Å². The van der Waals surface area contributed by atoms with Crippen molar-refractivity contribution in [3.05, 3.63) is 41.7 Å². The van der Waals surface area contributed by atoms with Gasteiger partial charge in [-0.2, -0.15) is 0 Å². The van der Waals surface area contributed by atoms with Gasteiger partial charge in [0.1, 0.15) is 12.4 Å². The first-order valence-electron chi connectivity index (χ1n) is 6.47. The quantitative estimate of drug-likeness (QED) is 0.806. The highest BCUT2D eigenvalue weighted by Crippen LogP contribution is 2.41. The molecule has 0 bridgehead atoms. The van der Waals surface area contributed by atoms with Crippen molar-refractivity contribution >= 4 is 0 Å². The first-order valence-corrected chi connectivity index (χ1v) is 6.47. The van der Waals surface area contributed by atoms with Gasteiger partial charge in [-0.25, -0.2) is 4.39 Å². The summed E-state index contributed by atoms with van der Waals surface area (Å²) in [7, 11) is 1.07. The van der Waals surface area contributed by atoms with Crippen LogP contribution in [0.4, 0.5) is 17.6 Å². The fourth-order valence-corrected chi connectivity index (χ4v) is 1.85. The molecule has 0 saturated heterocycles. The summed E-state index contributed by atoms with van der Waals surface area (Å²) in [5, 5.41) is 19.0. The third-order valence-electron chi connectivity index (χ3n) is 2.92.